The number of rotatable bonds is 5. The van der Waals surface area contributed by atoms with Crippen LogP contribution in [0.5, 0.6) is 11.5 Å². The molecule has 2 aromatic carbocycles. The van der Waals surface area contributed by atoms with E-state index in [1.54, 1.807) is 14.2 Å². The first-order valence-electron chi connectivity index (χ1n) is 6.71. The fourth-order valence-corrected chi connectivity index (χ4v) is 2.32. The van der Waals surface area contributed by atoms with E-state index in [9.17, 15) is 0 Å². The van der Waals surface area contributed by atoms with E-state index in [-0.39, 0.29) is 0 Å². The molecule has 2 rings (SSSR count). The lowest BCUT2D eigenvalue weighted by atomic mass is 9.98. The van der Waals surface area contributed by atoms with Crippen molar-refractivity contribution in [3.63, 3.8) is 0 Å². The maximum atomic E-state index is 5.64. The van der Waals surface area contributed by atoms with Gasteiger partial charge in [0.05, 0.1) is 14.2 Å². The summed E-state index contributed by atoms with van der Waals surface area (Å²) in [5.41, 5.74) is 10.1. The van der Waals surface area contributed by atoms with Gasteiger partial charge in [0.15, 0.2) is 0 Å². The van der Waals surface area contributed by atoms with Crippen LogP contribution in [-0.2, 0) is 6.42 Å². The molecule has 0 radical (unpaired) electrons. The van der Waals surface area contributed by atoms with Gasteiger partial charge in [-0.05, 0) is 49.7 Å². The third kappa shape index (κ3) is 2.94. The second-order valence-electron chi connectivity index (χ2n) is 4.78. The number of aryl methyl sites for hydroxylation is 1. The average Bonchev–Trinajstić information content (AvgIpc) is 2.47. The zero-order valence-corrected chi connectivity index (χ0v) is 12.3. The summed E-state index contributed by atoms with van der Waals surface area (Å²) in [7, 11) is 3.37. The summed E-state index contributed by atoms with van der Waals surface area (Å²) in [6.45, 7) is 2.70. The number of benzene rings is 2. The highest BCUT2D eigenvalue weighted by Gasteiger charge is 2.12. The normalized spacial score (nSPS) is 10.4. The number of methoxy groups -OCH3 is 2. The Morgan fingerprint density at radius 3 is 2.10 bits per heavy atom. The molecule has 0 saturated heterocycles. The molecule has 0 aliphatic heterocycles. The standard InChI is InChI=1S/C17H21NO2/c1-12-4-6-16(19-2)14(10-12)15-11-13(8-9-18)5-7-17(15)20-3/h4-7,10-11H,8-9,18H2,1-3H3. The molecule has 2 N–H and O–H groups in total. The van der Waals surface area contributed by atoms with E-state index >= 15 is 0 Å². The molecule has 0 bridgehead atoms. The van der Waals surface area contributed by atoms with Gasteiger partial charge in [0.1, 0.15) is 11.5 Å². The second-order valence-corrected chi connectivity index (χ2v) is 4.78. The van der Waals surface area contributed by atoms with Crippen molar-refractivity contribution in [1.29, 1.82) is 0 Å². The molecule has 106 valence electrons. The highest BCUT2D eigenvalue weighted by molar-refractivity contribution is 5.77. The van der Waals surface area contributed by atoms with Gasteiger partial charge in [-0.15, -0.1) is 0 Å². The van der Waals surface area contributed by atoms with Gasteiger partial charge < -0.3 is 15.2 Å². The SMILES string of the molecule is COc1ccc(C)cc1-c1cc(CCN)ccc1OC. The lowest BCUT2D eigenvalue weighted by Gasteiger charge is -2.14. The maximum absolute atomic E-state index is 5.64. The molecule has 3 nitrogen and oxygen atoms in total. The number of hydrogen-bond donors (Lipinski definition) is 1. The fraction of sp³-hybridized carbons (Fsp3) is 0.294. The van der Waals surface area contributed by atoms with E-state index in [1.807, 2.05) is 18.2 Å². The molecular weight excluding hydrogens is 250 g/mol. The first-order chi connectivity index (χ1) is 9.69. The molecule has 0 aliphatic rings. The Morgan fingerprint density at radius 2 is 1.50 bits per heavy atom. The minimum absolute atomic E-state index is 0.636. The van der Waals surface area contributed by atoms with Crippen molar-refractivity contribution >= 4 is 0 Å². The van der Waals surface area contributed by atoms with Gasteiger partial charge in [-0.25, -0.2) is 0 Å². The van der Waals surface area contributed by atoms with E-state index in [1.165, 1.54) is 11.1 Å². The Labute approximate surface area is 120 Å². The summed E-state index contributed by atoms with van der Waals surface area (Å²) >= 11 is 0. The molecule has 0 unspecified atom stereocenters. The van der Waals surface area contributed by atoms with Crippen LogP contribution in [0.1, 0.15) is 11.1 Å². The van der Waals surface area contributed by atoms with Crippen LogP contribution in [0.4, 0.5) is 0 Å². The zero-order valence-electron chi connectivity index (χ0n) is 12.3. The topological polar surface area (TPSA) is 44.5 Å². The Balaban J connectivity index is 2.60. The van der Waals surface area contributed by atoms with Crippen molar-refractivity contribution in [2.45, 2.75) is 13.3 Å². The number of nitrogens with two attached hydrogens (primary N) is 1. The molecule has 0 fully saturated rings. The van der Waals surface area contributed by atoms with Gasteiger partial charge in [-0.3, -0.25) is 0 Å². The van der Waals surface area contributed by atoms with Crippen molar-refractivity contribution in [2.24, 2.45) is 5.73 Å². The number of ether oxygens (including phenoxy) is 2. The van der Waals surface area contributed by atoms with E-state index in [0.717, 1.165) is 29.0 Å². The van der Waals surface area contributed by atoms with Crippen LogP contribution in [0.25, 0.3) is 11.1 Å². The van der Waals surface area contributed by atoms with Crippen LogP contribution in [-0.4, -0.2) is 20.8 Å². The highest BCUT2D eigenvalue weighted by Crippen LogP contribution is 2.37. The lowest BCUT2D eigenvalue weighted by molar-refractivity contribution is 0.410. The van der Waals surface area contributed by atoms with E-state index in [0.29, 0.717) is 6.54 Å². The van der Waals surface area contributed by atoms with Crippen LogP contribution in [0, 0.1) is 6.92 Å². The van der Waals surface area contributed by atoms with Crippen LogP contribution < -0.4 is 15.2 Å². The van der Waals surface area contributed by atoms with Crippen molar-refractivity contribution in [3.8, 4) is 22.6 Å². The van der Waals surface area contributed by atoms with Crippen molar-refractivity contribution < 1.29 is 9.47 Å². The van der Waals surface area contributed by atoms with Crippen molar-refractivity contribution in [3.05, 3.63) is 47.5 Å². The monoisotopic (exact) mass is 271 g/mol. The summed E-state index contributed by atoms with van der Waals surface area (Å²) < 4.78 is 11.0. The van der Waals surface area contributed by atoms with Crippen molar-refractivity contribution in [1.82, 2.24) is 0 Å². The van der Waals surface area contributed by atoms with Crippen LogP contribution in [0.15, 0.2) is 36.4 Å². The minimum Gasteiger partial charge on any atom is -0.496 e. The quantitative estimate of drug-likeness (QED) is 0.908. The molecule has 2 aromatic rings. The number of hydrogen-bond acceptors (Lipinski definition) is 3. The lowest BCUT2D eigenvalue weighted by Crippen LogP contribution is -2.03. The first kappa shape index (κ1) is 14.4. The Kier molecular flexibility index (Phi) is 4.64. The maximum Gasteiger partial charge on any atom is 0.126 e. The summed E-state index contributed by atoms with van der Waals surface area (Å²) in [6.07, 6.45) is 0.852. The molecule has 0 atom stereocenters. The summed E-state index contributed by atoms with van der Waals surface area (Å²) in [6, 6.07) is 12.3. The third-order valence-corrected chi connectivity index (χ3v) is 3.34. The minimum atomic E-state index is 0.636. The van der Waals surface area contributed by atoms with Gasteiger partial charge in [0.25, 0.3) is 0 Å². The average molecular weight is 271 g/mol. The summed E-state index contributed by atoms with van der Waals surface area (Å²) in [4.78, 5) is 0. The van der Waals surface area contributed by atoms with E-state index < -0.39 is 0 Å². The Bertz CT molecular complexity index is 594. The van der Waals surface area contributed by atoms with Crippen LogP contribution >= 0.6 is 0 Å². The Morgan fingerprint density at radius 1 is 0.900 bits per heavy atom. The molecule has 20 heavy (non-hydrogen) atoms. The predicted octanol–water partition coefficient (Wildman–Crippen LogP) is 3.18. The Hall–Kier alpha value is -2.00. The highest BCUT2D eigenvalue weighted by atomic mass is 16.5. The molecule has 0 heterocycles. The predicted molar refractivity (Wildman–Crippen MR) is 82.5 cm³/mol. The van der Waals surface area contributed by atoms with Crippen LogP contribution in [0.3, 0.4) is 0 Å². The molecule has 0 spiro atoms. The molecule has 0 amide bonds. The van der Waals surface area contributed by atoms with Gasteiger partial charge in [-0.2, -0.15) is 0 Å². The van der Waals surface area contributed by atoms with Gasteiger partial charge in [-0.1, -0.05) is 17.7 Å². The van der Waals surface area contributed by atoms with Crippen molar-refractivity contribution in [2.75, 3.05) is 20.8 Å². The van der Waals surface area contributed by atoms with E-state index in [2.05, 4.69) is 25.1 Å². The summed E-state index contributed by atoms with van der Waals surface area (Å²) in [5.74, 6) is 1.69. The second kappa shape index (κ2) is 6.44. The van der Waals surface area contributed by atoms with Gasteiger partial charge in [0, 0.05) is 11.1 Å². The molecule has 0 aliphatic carbocycles. The molecule has 0 saturated carbocycles. The van der Waals surface area contributed by atoms with Gasteiger partial charge in [0.2, 0.25) is 0 Å². The molecule has 3 heteroatoms. The largest absolute Gasteiger partial charge is 0.496 e. The summed E-state index contributed by atoms with van der Waals surface area (Å²) in [5, 5.41) is 0. The first-order valence-corrected chi connectivity index (χ1v) is 6.71. The van der Waals surface area contributed by atoms with Gasteiger partial charge >= 0.3 is 0 Å². The third-order valence-electron chi connectivity index (χ3n) is 3.34. The fourth-order valence-electron chi connectivity index (χ4n) is 2.32. The smallest absolute Gasteiger partial charge is 0.126 e. The zero-order chi connectivity index (χ0) is 14.5. The molecule has 0 aromatic heterocycles. The molecular formula is C17H21NO2. The van der Waals surface area contributed by atoms with Crippen LogP contribution in [0.2, 0.25) is 0 Å². The van der Waals surface area contributed by atoms with E-state index in [4.69, 9.17) is 15.2 Å².